The Balaban J connectivity index is 2.17. The molecule has 0 aromatic rings. The monoisotopic (exact) mass is 222 g/mol. The quantitative estimate of drug-likeness (QED) is 0.708. The van der Waals surface area contributed by atoms with Gasteiger partial charge in [-0.25, -0.2) is 8.42 Å². The molecule has 1 aliphatic rings. The first-order chi connectivity index (χ1) is 5.97. The lowest BCUT2D eigenvalue weighted by molar-refractivity contribution is -0.117. The normalized spacial score (nSPS) is 23.8. The molecule has 0 bridgehead atoms. The second-order valence-corrected chi connectivity index (χ2v) is 7.07. The van der Waals surface area contributed by atoms with Crippen molar-refractivity contribution < 1.29 is 13.2 Å². The summed E-state index contributed by atoms with van der Waals surface area (Å²) in [6.45, 7) is 0. The molecule has 3 nitrogen and oxygen atoms in total. The predicted molar refractivity (Wildman–Crippen MR) is 54.8 cm³/mol. The third-order valence-corrected chi connectivity index (χ3v) is 4.53. The zero-order valence-corrected chi connectivity index (χ0v) is 9.29. The first kappa shape index (κ1) is 11.0. The van der Waals surface area contributed by atoms with E-state index in [9.17, 15) is 13.2 Å². The Morgan fingerprint density at radius 3 is 2.69 bits per heavy atom. The van der Waals surface area contributed by atoms with Gasteiger partial charge in [-0.05, 0) is 6.42 Å². The Morgan fingerprint density at radius 1 is 1.54 bits per heavy atom. The summed E-state index contributed by atoms with van der Waals surface area (Å²) >= 11 is 1.61. The van der Waals surface area contributed by atoms with Crippen LogP contribution in [0.5, 0.6) is 0 Å². The molecule has 1 rings (SSSR count). The number of carbonyl (C=O) groups excluding carboxylic acids is 1. The van der Waals surface area contributed by atoms with E-state index in [4.69, 9.17) is 0 Å². The van der Waals surface area contributed by atoms with E-state index in [1.807, 2.05) is 0 Å². The van der Waals surface area contributed by atoms with E-state index in [0.717, 1.165) is 6.42 Å². The highest BCUT2D eigenvalue weighted by molar-refractivity contribution is 8.01. The van der Waals surface area contributed by atoms with Crippen LogP contribution in [0.15, 0.2) is 0 Å². The Kier molecular flexibility index (Phi) is 3.79. The number of sulfone groups is 1. The molecule has 5 heteroatoms. The SMILES string of the molecule is CS(=O)(=O)CCSC1CCC(=O)C1. The predicted octanol–water partition coefficient (Wildman–Crippen LogP) is 0.886. The van der Waals surface area contributed by atoms with Gasteiger partial charge in [0.1, 0.15) is 15.6 Å². The van der Waals surface area contributed by atoms with E-state index < -0.39 is 9.84 Å². The number of hydrogen-bond donors (Lipinski definition) is 0. The molecule has 1 unspecified atom stereocenters. The average molecular weight is 222 g/mol. The number of ketones is 1. The Hall–Kier alpha value is -0.0300. The number of hydrogen-bond acceptors (Lipinski definition) is 4. The average Bonchev–Trinajstić information content (AvgIpc) is 2.33. The van der Waals surface area contributed by atoms with Crippen LogP contribution in [0.2, 0.25) is 0 Å². The number of carbonyl (C=O) groups is 1. The van der Waals surface area contributed by atoms with Crippen molar-refractivity contribution in [2.75, 3.05) is 17.8 Å². The van der Waals surface area contributed by atoms with E-state index >= 15 is 0 Å². The third kappa shape index (κ3) is 4.67. The van der Waals surface area contributed by atoms with Crippen LogP contribution in [0.3, 0.4) is 0 Å². The maximum Gasteiger partial charge on any atom is 0.148 e. The summed E-state index contributed by atoms with van der Waals surface area (Å²) in [6, 6.07) is 0. The summed E-state index contributed by atoms with van der Waals surface area (Å²) in [5, 5.41) is 0.370. The Bertz CT molecular complexity index is 282. The summed E-state index contributed by atoms with van der Waals surface area (Å²) in [5.41, 5.74) is 0. The van der Waals surface area contributed by atoms with Crippen LogP contribution in [0, 0.1) is 0 Å². The molecule has 1 aliphatic carbocycles. The zero-order valence-electron chi connectivity index (χ0n) is 7.65. The first-order valence-corrected chi connectivity index (χ1v) is 7.39. The second-order valence-electron chi connectivity index (χ2n) is 3.40. The molecule has 76 valence electrons. The number of Topliss-reactive ketones (excluding diaryl/α,β-unsaturated/α-hetero) is 1. The van der Waals surface area contributed by atoms with E-state index in [2.05, 4.69) is 0 Å². The lowest BCUT2D eigenvalue weighted by Gasteiger charge is -2.05. The van der Waals surface area contributed by atoms with Gasteiger partial charge in [0.05, 0.1) is 5.75 Å². The summed E-state index contributed by atoms with van der Waals surface area (Å²) in [7, 11) is -2.84. The van der Waals surface area contributed by atoms with Gasteiger partial charge in [0.15, 0.2) is 0 Å². The molecule has 1 fully saturated rings. The van der Waals surface area contributed by atoms with Crippen molar-refractivity contribution in [3.8, 4) is 0 Å². The summed E-state index contributed by atoms with van der Waals surface area (Å²) in [4.78, 5) is 10.9. The molecule has 0 aliphatic heterocycles. The lowest BCUT2D eigenvalue weighted by atomic mass is 10.4. The molecule has 0 aromatic carbocycles. The van der Waals surface area contributed by atoms with Gasteiger partial charge in [-0.15, -0.1) is 0 Å². The van der Waals surface area contributed by atoms with Crippen LogP contribution in [-0.4, -0.2) is 37.2 Å². The van der Waals surface area contributed by atoms with Crippen LogP contribution >= 0.6 is 11.8 Å². The molecule has 0 saturated heterocycles. The highest BCUT2D eigenvalue weighted by Crippen LogP contribution is 2.27. The molecule has 1 atom stereocenters. The standard InChI is InChI=1S/C8H14O3S2/c1-13(10,11)5-4-12-8-3-2-7(9)6-8/h8H,2-6H2,1H3. The van der Waals surface area contributed by atoms with Gasteiger partial charge in [0, 0.05) is 30.1 Å². The van der Waals surface area contributed by atoms with Crippen molar-refractivity contribution in [1.82, 2.24) is 0 Å². The van der Waals surface area contributed by atoms with Crippen molar-refractivity contribution in [2.24, 2.45) is 0 Å². The van der Waals surface area contributed by atoms with Crippen LogP contribution in [0.4, 0.5) is 0 Å². The molecular formula is C8H14O3S2. The summed E-state index contributed by atoms with van der Waals surface area (Å²) in [6.07, 6.45) is 3.48. The zero-order chi connectivity index (χ0) is 9.90. The fourth-order valence-corrected chi connectivity index (χ4v) is 3.81. The molecule has 0 radical (unpaired) electrons. The van der Waals surface area contributed by atoms with Crippen LogP contribution in [0.1, 0.15) is 19.3 Å². The highest BCUT2D eigenvalue weighted by atomic mass is 32.2. The molecule has 13 heavy (non-hydrogen) atoms. The minimum absolute atomic E-state index is 0.225. The smallest absolute Gasteiger partial charge is 0.148 e. The van der Waals surface area contributed by atoms with Gasteiger partial charge in [0.25, 0.3) is 0 Å². The van der Waals surface area contributed by atoms with Gasteiger partial charge in [-0.2, -0.15) is 11.8 Å². The maximum atomic E-state index is 10.9. The molecule has 0 spiro atoms. The fraction of sp³-hybridized carbons (Fsp3) is 0.875. The van der Waals surface area contributed by atoms with Crippen LogP contribution in [0.25, 0.3) is 0 Å². The van der Waals surface area contributed by atoms with Crippen molar-refractivity contribution in [1.29, 1.82) is 0 Å². The molecule has 0 heterocycles. The summed E-state index contributed by atoms with van der Waals surface area (Å²) in [5.74, 6) is 1.16. The van der Waals surface area contributed by atoms with Gasteiger partial charge in [0.2, 0.25) is 0 Å². The Morgan fingerprint density at radius 2 is 2.23 bits per heavy atom. The van der Waals surface area contributed by atoms with E-state index in [1.165, 1.54) is 6.26 Å². The van der Waals surface area contributed by atoms with E-state index in [-0.39, 0.29) is 5.75 Å². The van der Waals surface area contributed by atoms with Gasteiger partial charge >= 0.3 is 0 Å². The number of thioether (sulfide) groups is 1. The highest BCUT2D eigenvalue weighted by Gasteiger charge is 2.22. The fourth-order valence-electron chi connectivity index (χ4n) is 1.29. The lowest BCUT2D eigenvalue weighted by Crippen LogP contribution is -2.08. The van der Waals surface area contributed by atoms with E-state index in [1.54, 1.807) is 11.8 Å². The minimum Gasteiger partial charge on any atom is -0.300 e. The Labute approximate surface area is 83.2 Å². The molecule has 0 amide bonds. The molecular weight excluding hydrogens is 208 g/mol. The number of rotatable bonds is 4. The molecule has 1 saturated carbocycles. The van der Waals surface area contributed by atoms with Crippen molar-refractivity contribution in [3.05, 3.63) is 0 Å². The van der Waals surface area contributed by atoms with Crippen LogP contribution < -0.4 is 0 Å². The minimum atomic E-state index is -2.84. The largest absolute Gasteiger partial charge is 0.300 e. The maximum absolute atomic E-state index is 10.9. The molecule has 0 aromatic heterocycles. The van der Waals surface area contributed by atoms with Gasteiger partial charge in [-0.3, -0.25) is 4.79 Å². The topological polar surface area (TPSA) is 51.2 Å². The van der Waals surface area contributed by atoms with Gasteiger partial charge < -0.3 is 0 Å². The summed E-state index contributed by atoms with van der Waals surface area (Å²) < 4.78 is 21.6. The molecule has 0 N–H and O–H groups in total. The van der Waals surface area contributed by atoms with E-state index in [0.29, 0.717) is 29.6 Å². The second kappa shape index (κ2) is 4.46. The van der Waals surface area contributed by atoms with Crippen molar-refractivity contribution in [3.63, 3.8) is 0 Å². The first-order valence-electron chi connectivity index (χ1n) is 4.28. The van der Waals surface area contributed by atoms with Crippen molar-refractivity contribution in [2.45, 2.75) is 24.5 Å². The third-order valence-electron chi connectivity index (χ3n) is 2.01. The van der Waals surface area contributed by atoms with Gasteiger partial charge in [-0.1, -0.05) is 0 Å². The van der Waals surface area contributed by atoms with Crippen molar-refractivity contribution >= 4 is 27.4 Å². The van der Waals surface area contributed by atoms with Crippen LogP contribution in [-0.2, 0) is 14.6 Å².